The normalized spacial score (nSPS) is 36.9. The Balaban J connectivity index is 1.72. The molecule has 2 nitrogen and oxygen atoms in total. The van der Waals surface area contributed by atoms with E-state index in [-0.39, 0.29) is 11.0 Å². The molecule has 0 amide bonds. The molecule has 4 atom stereocenters. The predicted molar refractivity (Wildman–Crippen MR) is 124 cm³/mol. The van der Waals surface area contributed by atoms with Crippen molar-refractivity contribution in [2.45, 2.75) is 85.3 Å². The summed E-state index contributed by atoms with van der Waals surface area (Å²) in [4.78, 5) is 0. The molecule has 2 aliphatic rings. The second kappa shape index (κ2) is 7.95. The molecule has 1 saturated carbocycles. The zero-order chi connectivity index (χ0) is 21.3. The van der Waals surface area contributed by atoms with Gasteiger partial charge in [-0.25, -0.2) is 0 Å². The van der Waals surface area contributed by atoms with Crippen LogP contribution in [0.3, 0.4) is 0 Å². The third-order valence-electron chi connectivity index (χ3n) is 8.19. The third-order valence-corrected chi connectivity index (χ3v) is 8.19. The molecule has 1 aromatic rings. The number of nitrogens with one attached hydrogen (secondary N) is 1. The van der Waals surface area contributed by atoms with E-state index in [0.29, 0.717) is 17.4 Å². The van der Waals surface area contributed by atoms with Crippen LogP contribution in [0, 0.1) is 16.2 Å². The van der Waals surface area contributed by atoms with Crippen molar-refractivity contribution in [3.05, 3.63) is 60.4 Å². The first-order valence-corrected chi connectivity index (χ1v) is 11.2. The number of piperidine rings is 1. The van der Waals surface area contributed by atoms with Crippen molar-refractivity contribution in [3.8, 4) is 0 Å². The molecular weight excluding hydrogens is 354 g/mol. The van der Waals surface area contributed by atoms with Crippen LogP contribution in [-0.2, 0) is 11.3 Å². The van der Waals surface area contributed by atoms with E-state index in [1.165, 1.54) is 36.8 Å². The van der Waals surface area contributed by atoms with Gasteiger partial charge < -0.3 is 10.1 Å². The van der Waals surface area contributed by atoms with Crippen molar-refractivity contribution in [2.24, 2.45) is 16.2 Å². The van der Waals surface area contributed by atoms with Gasteiger partial charge in [0, 0.05) is 6.54 Å². The van der Waals surface area contributed by atoms with Crippen LogP contribution >= 0.6 is 0 Å². The number of benzene rings is 1. The van der Waals surface area contributed by atoms with Gasteiger partial charge in [-0.05, 0) is 74.2 Å². The minimum absolute atomic E-state index is 0.185. The summed E-state index contributed by atoms with van der Waals surface area (Å²) in [7, 11) is 0. The van der Waals surface area contributed by atoms with Crippen LogP contribution in [0.5, 0.6) is 0 Å². The maximum absolute atomic E-state index is 6.19. The molecular formula is C27H41NO. The van der Waals surface area contributed by atoms with Gasteiger partial charge in [-0.3, -0.25) is 0 Å². The Hall–Kier alpha value is -1.54. The van der Waals surface area contributed by atoms with Gasteiger partial charge in [-0.15, -0.1) is 6.58 Å². The summed E-state index contributed by atoms with van der Waals surface area (Å²) < 4.78 is 6.19. The number of hydrogen-bond acceptors (Lipinski definition) is 2. The van der Waals surface area contributed by atoms with Gasteiger partial charge in [0.1, 0.15) is 12.4 Å². The third kappa shape index (κ3) is 4.63. The summed E-state index contributed by atoms with van der Waals surface area (Å²) in [6, 6.07) is 10.4. The fraction of sp³-hybridized carbons (Fsp3) is 0.630. The average molecular weight is 396 g/mol. The number of hydrogen-bond donors (Lipinski definition) is 1. The fourth-order valence-corrected chi connectivity index (χ4v) is 5.76. The number of fused-ring (bicyclic) bond motifs is 1. The molecule has 29 heavy (non-hydrogen) atoms. The summed E-state index contributed by atoms with van der Waals surface area (Å²) >= 11 is 0. The van der Waals surface area contributed by atoms with E-state index in [9.17, 15) is 0 Å². The maximum atomic E-state index is 6.19. The zero-order valence-electron chi connectivity index (χ0n) is 19.4. The second-order valence-electron chi connectivity index (χ2n) is 11.1. The molecule has 0 radical (unpaired) electrons. The number of rotatable bonds is 7. The molecule has 2 fully saturated rings. The SMILES string of the molecule is C=C(C)CC[C@@]1(C)CC[C@@]2(C)CN[C@](C)(C(=C)OCc3ccccc3)C[C@@]2(C)C1. The van der Waals surface area contributed by atoms with Gasteiger partial charge in [0.25, 0.3) is 0 Å². The first-order valence-electron chi connectivity index (χ1n) is 11.2. The molecule has 0 bridgehead atoms. The van der Waals surface area contributed by atoms with E-state index in [4.69, 9.17) is 4.74 Å². The van der Waals surface area contributed by atoms with Gasteiger partial charge >= 0.3 is 0 Å². The van der Waals surface area contributed by atoms with Crippen molar-refractivity contribution in [2.75, 3.05) is 6.54 Å². The van der Waals surface area contributed by atoms with Crippen molar-refractivity contribution >= 4 is 0 Å². The zero-order valence-corrected chi connectivity index (χ0v) is 19.4. The van der Waals surface area contributed by atoms with Gasteiger partial charge in [0.2, 0.25) is 0 Å². The van der Waals surface area contributed by atoms with Gasteiger partial charge in [-0.1, -0.05) is 63.3 Å². The molecule has 3 rings (SSSR count). The van der Waals surface area contributed by atoms with Crippen molar-refractivity contribution in [1.29, 1.82) is 0 Å². The lowest BCUT2D eigenvalue weighted by Crippen LogP contribution is -2.64. The van der Waals surface area contributed by atoms with E-state index in [2.05, 4.69) is 77.4 Å². The summed E-state index contributed by atoms with van der Waals surface area (Å²) in [5.41, 5.74) is 3.31. The Morgan fingerprint density at radius 3 is 2.34 bits per heavy atom. The molecule has 0 spiro atoms. The molecule has 1 heterocycles. The standard InChI is InChI=1S/C27H41NO/c1-21(2)13-14-24(4)15-16-25(5)20-28-27(7,19-26(25,6)18-24)22(3)29-17-23-11-9-8-10-12-23/h8-12,28H,1,3,13-20H2,2,4-7H3/t24-,25-,26+,27-/m0/s1. The average Bonchev–Trinajstić information content (AvgIpc) is 2.67. The summed E-state index contributed by atoms with van der Waals surface area (Å²) in [6.07, 6.45) is 7.35. The second-order valence-corrected chi connectivity index (χ2v) is 11.1. The number of allylic oxidation sites excluding steroid dienone is 1. The summed E-state index contributed by atoms with van der Waals surface area (Å²) in [6.45, 7) is 22.1. The van der Waals surface area contributed by atoms with Crippen LogP contribution in [0.15, 0.2) is 54.8 Å². The van der Waals surface area contributed by atoms with Crippen LogP contribution in [0.25, 0.3) is 0 Å². The highest BCUT2D eigenvalue weighted by molar-refractivity contribution is 5.20. The Morgan fingerprint density at radius 1 is 1.00 bits per heavy atom. The minimum Gasteiger partial charge on any atom is -0.492 e. The topological polar surface area (TPSA) is 21.3 Å². The van der Waals surface area contributed by atoms with Crippen LogP contribution in [0.1, 0.15) is 78.7 Å². The number of ether oxygens (including phenoxy) is 1. The fourth-order valence-electron chi connectivity index (χ4n) is 5.76. The predicted octanol–water partition coefficient (Wildman–Crippen LogP) is 7.03. The van der Waals surface area contributed by atoms with E-state index in [1.54, 1.807) is 0 Å². The Labute approximate surface area is 178 Å². The molecule has 2 heteroatoms. The van der Waals surface area contributed by atoms with Crippen LogP contribution in [-0.4, -0.2) is 12.1 Å². The van der Waals surface area contributed by atoms with E-state index < -0.39 is 0 Å². The molecule has 0 unspecified atom stereocenters. The van der Waals surface area contributed by atoms with Gasteiger partial charge in [0.05, 0.1) is 5.54 Å². The highest BCUT2D eigenvalue weighted by Gasteiger charge is 2.57. The van der Waals surface area contributed by atoms with Crippen LogP contribution in [0.2, 0.25) is 0 Å². The molecule has 160 valence electrons. The van der Waals surface area contributed by atoms with E-state index >= 15 is 0 Å². The van der Waals surface area contributed by atoms with Gasteiger partial charge in [0.15, 0.2) is 0 Å². The first-order chi connectivity index (χ1) is 13.5. The molecule has 1 aromatic carbocycles. The largest absolute Gasteiger partial charge is 0.492 e. The molecule has 1 aliphatic carbocycles. The monoisotopic (exact) mass is 395 g/mol. The van der Waals surface area contributed by atoms with Gasteiger partial charge in [-0.2, -0.15) is 0 Å². The lowest BCUT2D eigenvalue weighted by Gasteiger charge is -2.62. The summed E-state index contributed by atoms with van der Waals surface area (Å²) in [5.74, 6) is 0.874. The van der Waals surface area contributed by atoms with Crippen LogP contribution < -0.4 is 5.32 Å². The lowest BCUT2D eigenvalue weighted by molar-refractivity contribution is -0.0992. The van der Waals surface area contributed by atoms with Crippen molar-refractivity contribution in [1.82, 2.24) is 5.32 Å². The van der Waals surface area contributed by atoms with Crippen LogP contribution in [0.4, 0.5) is 0 Å². The molecule has 1 N–H and O–H groups in total. The Bertz CT molecular complexity index is 755. The van der Waals surface area contributed by atoms with Crippen molar-refractivity contribution < 1.29 is 4.74 Å². The minimum atomic E-state index is -0.185. The van der Waals surface area contributed by atoms with Crippen molar-refractivity contribution in [3.63, 3.8) is 0 Å². The smallest absolute Gasteiger partial charge is 0.113 e. The van der Waals surface area contributed by atoms with E-state index in [1.807, 2.05) is 6.07 Å². The quantitative estimate of drug-likeness (QED) is 0.395. The highest BCUT2D eigenvalue weighted by atomic mass is 16.5. The first kappa shape index (κ1) is 22.2. The van der Waals surface area contributed by atoms with E-state index in [0.717, 1.165) is 25.1 Å². The lowest BCUT2D eigenvalue weighted by atomic mass is 9.46. The molecule has 1 aliphatic heterocycles. The highest BCUT2D eigenvalue weighted by Crippen LogP contribution is 2.62. The Kier molecular flexibility index (Phi) is 6.07. The Morgan fingerprint density at radius 2 is 1.69 bits per heavy atom. The molecule has 1 saturated heterocycles. The maximum Gasteiger partial charge on any atom is 0.113 e. The molecule has 0 aromatic heterocycles. The summed E-state index contributed by atoms with van der Waals surface area (Å²) in [5, 5.41) is 3.84.